The number of hydrogen-bond acceptors (Lipinski definition) is 8. The Labute approximate surface area is 164 Å². The third kappa shape index (κ3) is 4.52. The van der Waals surface area contributed by atoms with Gasteiger partial charge >= 0.3 is 0 Å². The molecule has 0 unspecified atom stereocenters. The molecule has 26 heavy (non-hydrogen) atoms. The van der Waals surface area contributed by atoms with E-state index in [0.29, 0.717) is 11.6 Å². The highest BCUT2D eigenvalue weighted by Crippen LogP contribution is 2.15. The molecule has 0 aliphatic heterocycles. The second-order valence-electron chi connectivity index (χ2n) is 4.95. The van der Waals surface area contributed by atoms with Crippen molar-refractivity contribution in [1.29, 1.82) is 0 Å². The summed E-state index contributed by atoms with van der Waals surface area (Å²) >= 11 is 6.61. The van der Waals surface area contributed by atoms with Crippen LogP contribution < -0.4 is 0 Å². The molecule has 0 fully saturated rings. The number of tetrazole rings is 2. The highest BCUT2D eigenvalue weighted by Gasteiger charge is 2.06. The molecule has 0 spiro atoms. The summed E-state index contributed by atoms with van der Waals surface area (Å²) in [6.07, 6.45) is 3.41. The van der Waals surface area contributed by atoms with Gasteiger partial charge in [-0.3, -0.25) is 9.97 Å². The van der Waals surface area contributed by atoms with Crippen LogP contribution in [0.15, 0.2) is 45.6 Å². The molecule has 12 heteroatoms. The zero-order valence-electron chi connectivity index (χ0n) is 13.7. The number of pyridine rings is 2. The lowest BCUT2D eigenvalue weighted by Gasteiger charge is -1.96. The normalized spacial score (nSPS) is 10.3. The van der Waals surface area contributed by atoms with Crippen LogP contribution in [0.1, 0.15) is 0 Å². The van der Waals surface area contributed by atoms with E-state index in [1.807, 2.05) is 24.3 Å². The van der Waals surface area contributed by atoms with Crippen molar-refractivity contribution in [2.75, 3.05) is 0 Å². The Bertz CT molecular complexity index is 978. The first-order chi connectivity index (χ1) is 12.5. The molecule has 0 saturated heterocycles. The van der Waals surface area contributed by atoms with Gasteiger partial charge in [-0.05, 0) is 71.8 Å². The van der Waals surface area contributed by atoms with Crippen LogP contribution in [0.4, 0.5) is 0 Å². The van der Waals surface area contributed by atoms with Crippen molar-refractivity contribution in [2.24, 2.45) is 14.1 Å². The summed E-state index contributed by atoms with van der Waals surface area (Å²) in [6.45, 7) is 0. The fourth-order valence-electron chi connectivity index (χ4n) is 1.85. The van der Waals surface area contributed by atoms with Gasteiger partial charge in [0.2, 0.25) is 5.82 Å². The first kappa shape index (κ1) is 18.2. The number of aryl methyl sites for hydroxylation is 2. The predicted octanol–water partition coefficient (Wildman–Crippen LogP) is 2.07. The minimum Gasteiger partial charge on any atom is -0.252 e. The van der Waals surface area contributed by atoms with Gasteiger partial charge in [-0.15, -0.1) is 15.3 Å². The summed E-state index contributed by atoms with van der Waals surface area (Å²) in [7, 11) is 3.49. The first-order valence-corrected chi connectivity index (χ1v) is 8.82. The molecule has 132 valence electrons. The van der Waals surface area contributed by atoms with Crippen LogP contribution in [0.25, 0.3) is 23.0 Å². The SMILES string of the molecule is Cn1nnc(-c2ccc(Br)cn2)n1.Cn1nnnc1-c1ccc(Br)cn1. The highest BCUT2D eigenvalue weighted by molar-refractivity contribution is 9.10. The molecule has 10 nitrogen and oxygen atoms in total. The minimum absolute atomic E-state index is 0.537. The van der Waals surface area contributed by atoms with Crippen molar-refractivity contribution in [3.63, 3.8) is 0 Å². The number of hydrogen-bond donors (Lipinski definition) is 0. The van der Waals surface area contributed by atoms with E-state index in [2.05, 4.69) is 72.8 Å². The summed E-state index contributed by atoms with van der Waals surface area (Å²) in [5.41, 5.74) is 1.48. The van der Waals surface area contributed by atoms with E-state index in [1.165, 1.54) is 4.80 Å². The van der Waals surface area contributed by atoms with Crippen LogP contribution in [0, 0.1) is 0 Å². The van der Waals surface area contributed by atoms with Crippen molar-refractivity contribution in [3.8, 4) is 23.0 Å². The maximum atomic E-state index is 4.17. The van der Waals surface area contributed by atoms with E-state index < -0.39 is 0 Å². The van der Waals surface area contributed by atoms with E-state index in [9.17, 15) is 0 Å². The Balaban J connectivity index is 0.000000151. The second kappa shape index (κ2) is 8.19. The molecule has 4 aromatic rings. The Kier molecular flexibility index (Phi) is 5.73. The fourth-order valence-corrected chi connectivity index (χ4v) is 2.32. The molecule has 0 aliphatic carbocycles. The van der Waals surface area contributed by atoms with Crippen molar-refractivity contribution >= 4 is 31.9 Å². The van der Waals surface area contributed by atoms with Gasteiger partial charge in [0.1, 0.15) is 11.4 Å². The van der Waals surface area contributed by atoms with Crippen LogP contribution in [0.2, 0.25) is 0 Å². The number of halogens is 2. The van der Waals surface area contributed by atoms with E-state index in [4.69, 9.17) is 0 Å². The van der Waals surface area contributed by atoms with Gasteiger partial charge in [-0.25, -0.2) is 4.68 Å². The zero-order valence-corrected chi connectivity index (χ0v) is 16.9. The maximum Gasteiger partial charge on any atom is 0.223 e. The van der Waals surface area contributed by atoms with Gasteiger partial charge in [0.15, 0.2) is 5.82 Å². The topological polar surface area (TPSA) is 113 Å². The van der Waals surface area contributed by atoms with Crippen LogP contribution in [0.5, 0.6) is 0 Å². The Hall–Kier alpha value is -2.60. The summed E-state index contributed by atoms with van der Waals surface area (Å²) in [4.78, 5) is 9.71. The average Bonchev–Trinajstić information content (AvgIpc) is 3.25. The third-order valence-electron chi connectivity index (χ3n) is 3.04. The van der Waals surface area contributed by atoms with Gasteiger partial charge in [0.05, 0.1) is 7.05 Å². The molecule has 0 saturated carbocycles. The van der Waals surface area contributed by atoms with Gasteiger partial charge in [0, 0.05) is 28.4 Å². The molecule has 0 amide bonds. The molecular weight excluding hydrogens is 468 g/mol. The van der Waals surface area contributed by atoms with E-state index in [0.717, 1.165) is 20.3 Å². The highest BCUT2D eigenvalue weighted by atomic mass is 79.9. The van der Waals surface area contributed by atoms with Crippen LogP contribution in [0.3, 0.4) is 0 Å². The van der Waals surface area contributed by atoms with Crippen LogP contribution >= 0.6 is 31.9 Å². The van der Waals surface area contributed by atoms with E-state index in [-0.39, 0.29) is 0 Å². The fraction of sp³-hybridized carbons (Fsp3) is 0.143. The largest absolute Gasteiger partial charge is 0.252 e. The van der Waals surface area contributed by atoms with E-state index in [1.54, 1.807) is 31.2 Å². The predicted molar refractivity (Wildman–Crippen MR) is 99.5 cm³/mol. The summed E-state index contributed by atoms with van der Waals surface area (Å²) < 4.78 is 3.45. The molecular formula is C14H12Br2N10. The molecule has 0 bridgehead atoms. The van der Waals surface area contributed by atoms with Crippen molar-refractivity contribution in [1.82, 2.24) is 50.4 Å². The Morgan fingerprint density at radius 1 is 0.808 bits per heavy atom. The zero-order chi connectivity index (χ0) is 18.5. The third-order valence-corrected chi connectivity index (χ3v) is 3.98. The Morgan fingerprint density at radius 3 is 1.92 bits per heavy atom. The summed E-state index contributed by atoms with van der Waals surface area (Å²) in [5, 5.41) is 22.7. The van der Waals surface area contributed by atoms with E-state index >= 15 is 0 Å². The number of aromatic nitrogens is 10. The monoisotopic (exact) mass is 478 g/mol. The molecule has 4 aromatic heterocycles. The molecule has 4 rings (SSSR count). The lowest BCUT2D eigenvalue weighted by atomic mass is 10.3. The molecule has 0 atom stereocenters. The molecule has 0 aromatic carbocycles. The first-order valence-electron chi connectivity index (χ1n) is 7.23. The molecule has 0 aliphatic rings. The smallest absolute Gasteiger partial charge is 0.223 e. The molecule has 4 heterocycles. The lowest BCUT2D eigenvalue weighted by molar-refractivity contribution is 0.630. The maximum absolute atomic E-state index is 4.17. The summed E-state index contributed by atoms with van der Waals surface area (Å²) in [5.74, 6) is 1.20. The number of rotatable bonds is 2. The quantitative estimate of drug-likeness (QED) is 0.429. The molecule has 0 radical (unpaired) electrons. The standard InChI is InChI=1S/2C7H6BrN5/c1-13-7(10-11-12-13)6-3-2-5(8)4-9-6;1-13-11-7(10-12-13)6-3-2-5(8)4-9-6/h2*2-4H,1H3. The summed E-state index contributed by atoms with van der Waals surface area (Å²) in [6, 6.07) is 7.48. The average molecular weight is 480 g/mol. The van der Waals surface area contributed by atoms with Gasteiger partial charge in [-0.1, -0.05) is 0 Å². The van der Waals surface area contributed by atoms with Crippen molar-refractivity contribution in [2.45, 2.75) is 0 Å². The van der Waals surface area contributed by atoms with Crippen LogP contribution in [-0.2, 0) is 14.1 Å². The second-order valence-corrected chi connectivity index (χ2v) is 6.78. The minimum atomic E-state index is 0.537. The van der Waals surface area contributed by atoms with Crippen molar-refractivity contribution < 1.29 is 0 Å². The lowest BCUT2D eigenvalue weighted by Crippen LogP contribution is -1.95. The van der Waals surface area contributed by atoms with Crippen molar-refractivity contribution in [3.05, 3.63) is 45.6 Å². The van der Waals surface area contributed by atoms with Gasteiger partial charge in [-0.2, -0.15) is 4.80 Å². The molecule has 0 N–H and O–H groups in total. The number of nitrogens with zero attached hydrogens (tertiary/aromatic N) is 10. The van der Waals surface area contributed by atoms with Crippen LogP contribution in [-0.4, -0.2) is 50.4 Å². The Morgan fingerprint density at radius 2 is 1.46 bits per heavy atom. The van der Waals surface area contributed by atoms with Gasteiger partial charge < -0.3 is 0 Å². The van der Waals surface area contributed by atoms with Gasteiger partial charge in [0.25, 0.3) is 0 Å².